The van der Waals surface area contributed by atoms with Gasteiger partial charge >= 0.3 is 5.97 Å². The van der Waals surface area contributed by atoms with E-state index in [1.807, 2.05) is 0 Å². The molecule has 1 N–H and O–H groups in total. The Balaban J connectivity index is 1.67. The van der Waals surface area contributed by atoms with Crippen molar-refractivity contribution in [2.24, 2.45) is 5.92 Å². The van der Waals surface area contributed by atoms with E-state index in [0.717, 1.165) is 25.9 Å². The molecule has 3 fully saturated rings. The van der Waals surface area contributed by atoms with E-state index < -0.39 is 11.6 Å². The molecule has 3 heterocycles. The Bertz CT molecular complexity index is 769. The topological polar surface area (TPSA) is 49.8 Å². The fourth-order valence-electron chi connectivity index (χ4n) is 3.93. The second-order valence-corrected chi connectivity index (χ2v) is 6.87. The summed E-state index contributed by atoms with van der Waals surface area (Å²) in [5.74, 6) is -0.355. The van der Waals surface area contributed by atoms with Crippen LogP contribution in [0.1, 0.15) is 26.7 Å². The lowest BCUT2D eigenvalue weighted by Gasteiger charge is -2.44. The highest BCUT2D eigenvalue weighted by molar-refractivity contribution is 5.85. The summed E-state index contributed by atoms with van der Waals surface area (Å²) in [6.07, 6.45) is 1.81. The van der Waals surface area contributed by atoms with Gasteiger partial charge in [0.15, 0.2) is 0 Å². The van der Waals surface area contributed by atoms with Crippen LogP contribution in [0.4, 0.5) is 0 Å². The molecule has 1 unspecified atom stereocenters. The molecule has 3 saturated heterocycles. The van der Waals surface area contributed by atoms with Crippen molar-refractivity contribution >= 4 is 5.97 Å². The van der Waals surface area contributed by atoms with E-state index in [1.165, 1.54) is 0 Å². The molecule has 130 valence electrons. The summed E-state index contributed by atoms with van der Waals surface area (Å²) in [4.78, 5) is 15.5. The Morgan fingerprint density at radius 3 is 2.04 bits per heavy atom. The van der Waals surface area contributed by atoms with Crippen LogP contribution in [0, 0.1) is 5.92 Å². The summed E-state index contributed by atoms with van der Waals surface area (Å²) in [6.45, 7) is 2.79. The van der Waals surface area contributed by atoms with Gasteiger partial charge in [0.05, 0.1) is 2.74 Å². The highest BCUT2D eigenvalue weighted by Gasteiger charge is 2.45. The van der Waals surface area contributed by atoms with Crippen molar-refractivity contribution in [2.75, 3.05) is 19.6 Å². The van der Waals surface area contributed by atoms with E-state index in [4.69, 9.17) is 7.48 Å². The third-order valence-corrected chi connectivity index (χ3v) is 5.42. The number of aliphatic hydroxyl groups is 1. The second-order valence-electron chi connectivity index (χ2n) is 6.87. The van der Waals surface area contributed by atoms with Crippen molar-refractivity contribution in [3.8, 4) is 0 Å². The van der Waals surface area contributed by atoms with Gasteiger partial charge in [0.1, 0.15) is 6.10 Å². The minimum absolute atomic E-state index is 0.211. The zero-order chi connectivity index (χ0) is 19.0. The summed E-state index contributed by atoms with van der Waals surface area (Å²) >= 11 is 0. The van der Waals surface area contributed by atoms with Crippen LogP contribution in [0.15, 0.2) is 60.6 Å². The number of esters is 1. The van der Waals surface area contributed by atoms with Crippen LogP contribution < -0.4 is 0 Å². The lowest BCUT2D eigenvalue weighted by molar-refractivity contribution is -0.177. The van der Waals surface area contributed by atoms with Crippen molar-refractivity contribution in [1.29, 1.82) is 0 Å². The zero-order valence-corrected chi connectivity index (χ0v) is 14.0. The smallest absolute Gasteiger partial charge is 0.348 e. The molecule has 25 heavy (non-hydrogen) atoms. The van der Waals surface area contributed by atoms with Gasteiger partial charge in [0.25, 0.3) is 0 Å². The van der Waals surface area contributed by atoms with Gasteiger partial charge < -0.3 is 9.84 Å². The predicted molar refractivity (Wildman–Crippen MR) is 94.9 cm³/mol. The van der Waals surface area contributed by atoms with Gasteiger partial charge in [0.2, 0.25) is 5.60 Å². The summed E-state index contributed by atoms with van der Waals surface area (Å²) in [6, 6.07) is 13.1. The van der Waals surface area contributed by atoms with E-state index in [2.05, 4.69) is 4.90 Å². The number of fused-ring (bicyclic) bond motifs is 3. The van der Waals surface area contributed by atoms with Crippen LogP contribution in [0.3, 0.4) is 0 Å². The fraction of sp³-hybridized carbons (Fsp3) is 0.381. The summed E-state index contributed by atoms with van der Waals surface area (Å²) < 4.78 is 21.2. The Morgan fingerprint density at radius 1 is 1.08 bits per heavy atom. The summed E-state index contributed by atoms with van der Waals surface area (Å²) in [5.41, 5.74) is -1.24. The Hall–Kier alpha value is -2.17. The van der Waals surface area contributed by atoms with Crippen LogP contribution in [0.2, 0.25) is 0 Å². The summed E-state index contributed by atoms with van der Waals surface area (Å²) in [5, 5.41) is 11.5. The quantitative estimate of drug-likeness (QED) is 0.869. The molecule has 1 atom stereocenters. The largest absolute Gasteiger partial charge is 0.458 e. The highest BCUT2D eigenvalue weighted by atomic mass is 16.6. The van der Waals surface area contributed by atoms with Crippen molar-refractivity contribution < 1.29 is 17.4 Å². The molecule has 3 aliphatic rings. The van der Waals surface area contributed by atoms with E-state index in [-0.39, 0.29) is 6.10 Å². The Kier molecular flexibility index (Phi) is 3.72. The SMILES string of the molecule is [3H]c1ccc(C(O)(C(=O)OC2CN3CCC2CC3)c2ccc([3H])cc2)cc1. The van der Waals surface area contributed by atoms with Gasteiger partial charge in [-0.1, -0.05) is 60.6 Å². The molecule has 0 radical (unpaired) electrons. The maximum Gasteiger partial charge on any atom is 0.348 e. The molecule has 4 heteroatoms. The normalized spacial score (nSPS) is 26.7. The van der Waals surface area contributed by atoms with Crippen LogP contribution in [-0.2, 0) is 15.1 Å². The number of nitrogens with zero attached hydrogens (tertiary/aromatic N) is 1. The van der Waals surface area contributed by atoms with E-state index in [1.54, 1.807) is 48.5 Å². The average molecular weight is 341 g/mol. The second kappa shape index (κ2) is 6.62. The molecule has 2 aromatic carbocycles. The minimum Gasteiger partial charge on any atom is -0.458 e. The molecule has 0 aromatic heterocycles. The Labute approximate surface area is 150 Å². The van der Waals surface area contributed by atoms with E-state index >= 15 is 0 Å². The number of benzene rings is 2. The molecule has 0 amide bonds. The zero-order valence-electron chi connectivity index (χ0n) is 16.0. The van der Waals surface area contributed by atoms with Crippen molar-refractivity contribution in [1.82, 2.24) is 4.90 Å². The highest BCUT2D eigenvalue weighted by Crippen LogP contribution is 2.35. The standard InChI is InChI=1S/C21H23NO3/c23-20(25-19-15-22-13-11-16(19)12-14-22)21(24,17-7-3-1-4-8-17)18-9-5-2-6-10-18/h1-10,16,19,24H,11-15H2/i1T,2T. The predicted octanol–water partition coefficient (Wildman–Crippen LogP) is 2.56. The molecule has 2 aromatic rings. The van der Waals surface area contributed by atoms with Gasteiger partial charge in [-0.2, -0.15) is 0 Å². The maximum atomic E-state index is 13.2. The lowest BCUT2D eigenvalue weighted by Crippen LogP contribution is -2.53. The van der Waals surface area contributed by atoms with Gasteiger partial charge in [-0.15, -0.1) is 0 Å². The van der Waals surface area contributed by atoms with Crippen LogP contribution in [0.5, 0.6) is 0 Å². The fourth-order valence-corrected chi connectivity index (χ4v) is 3.93. The number of hydrogen-bond donors (Lipinski definition) is 1. The lowest BCUT2D eigenvalue weighted by atomic mass is 9.84. The number of carbonyl (C=O) groups excluding carboxylic acids is 1. The number of ether oxygens (including phenoxy) is 1. The van der Waals surface area contributed by atoms with Gasteiger partial charge in [-0.05, 0) is 43.0 Å². The molecule has 3 aliphatic heterocycles. The first-order chi connectivity index (χ1) is 13.0. The van der Waals surface area contributed by atoms with E-state index in [0.29, 0.717) is 35.7 Å². The van der Waals surface area contributed by atoms with Gasteiger partial charge in [-0.25, -0.2) is 4.79 Å². The first kappa shape index (κ1) is 14.0. The van der Waals surface area contributed by atoms with Crippen LogP contribution in [-0.4, -0.2) is 41.7 Å². The number of carbonyl (C=O) groups is 1. The number of rotatable bonds is 4. The molecule has 4 nitrogen and oxygen atoms in total. The molecule has 5 rings (SSSR count). The van der Waals surface area contributed by atoms with Gasteiger partial charge in [0, 0.05) is 6.54 Å². The Morgan fingerprint density at radius 2 is 1.60 bits per heavy atom. The summed E-state index contributed by atoms with van der Waals surface area (Å²) in [7, 11) is 0. The maximum absolute atomic E-state index is 13.2. The number of piperidine rings is 3. The van der Waals surface area contributed by atoms with E-state index in [9.17, 15) is 9.90 Å². The van der Waals surface area contributed by atoms with Crippen molar-refractivity contribution in [3.63, 3.8) is 0 Å². The number of hydrogen-bond acceptors (Lipinski definition) is 4. The molecule has 0 aliphatic carbocycles. The molecule has 2 bridgehead atoms. The molecule has 0 spiro atoms. The molecular weight excluding hydrogens is 314 g/mol. The van der Waals surface area contributed by atoms with Crippen LogP contribution >= 0.6 is 0 Å². The molecule has 0 saturated carbocycles. The third-order valence-electron chi connectivity index (χ3n) is 5.42. The average Bonchev–Trinajstić information content (AvgIpc) is 2.69. The minimum atomic E-state index is -1.96. The van der Waals surface area contributed by atoms with Gasteiger partial charge in [-0.3, -0.25) is 4.90 Å². The monoisotopic (exact) mass is 341 g/mol. The first-order valence-corrected chi connectivity index (χ1v) is 8.77. The third kappa shape index (κ3) is 2.96. The molecular formula is C21H23NO3. The van der Waals surface area contributed by atoms with Crippen LogP contribution in [0.25, 0.3) is 0 Å². The first-order valence-electron chi connectivity index (χ1n) is 9.77. The van der Waals surface area contributed by atoms with Crippen molar-refractivity contribution in [3.05, 3.63) is 71.7 Å². The van der Waals surface area contributed by atoms with Crippen molar-refractivity contribution in [2.45, 2.75) is 24.5 Å².